The molecule has 0 N–H and O–H groups in total. The number of fused-ring (bicyclic) bond motifs is 1. The SMILES string of the molecule is CCCCOc1cc(C(Cl)(Cl)Cl)nc2ccccc12. The average Bonchev–Trinajstić information content (AvgIpc) is 2.37. The van der Waals surface area contributed by atoms with Crippen LogP contribution in [0.1, 0.15) is 25.5 Å². The molecule has 0 amide bonds. The number of para-hydroxylation sites is 1. The summed E-state index contributed by atoms with van der Waals surface area (Å²) in [5.74, 6) is 0.709. The van der Waals surface area contributed by atoms with Crippen LogP contribution < -0.4 is 4.74 Å². The molecule has 1 aromatic carbocycles. The van der Waals surface area contributed by atoms with E-state index in [9.17, 15) is 0 Å². The average molecular weight is 319 g/mol. The normalized spacial score (nSPS) is 11.8. The quantitative estimate of drug-likeness (QED) is 0.568. The number of hydrogen-bond donors (Lipinski definition) is 0. The highest BCUT2D eigenvalue weighted by Crippen LogP contribution is 2.40. The highest BCUT2D eigenvalue weighted by Gasteiger charge is 2.26. The van der Waals surface area contributed by atoms with Gasteiger partial charge in [-0.3, -0.25) is 0 Å². The number of rotatable bonds is 4. The number of hydrogen-bond acceptors (Lipinski definition) is 2. The second kappa shape index (κ2) is 6.17. The Labute approximate surface area is 127 Å². The van der Waals surface area contributed by atoms with E-state index in [4.69, 9.17) is 39.5 Å². The van der Waals surface area contributed by atoms with E-state index in [1.807, 2.05) is 24.3 Å². The van der Waals surface area contributed by atoms with Crippen molar-refractivity contribution in [1.29, 1.82) is 0 Å². The minimum atomic E-state index is -1.55. The van der Waals surface area contributed by atoms with Gasteiger partial charge in [0.05, 0.1) is 17.8 Å². The predicted molar refractivity (Wildman–Crippen MR) is 81.4 cm³/mol. The summed E-state index contributed by atoms with van der Waals surface area (Å²) < 4.78 is 4.23. The molecule has 0 unspecified atom stereocenters. The van der Waals surface area contributed by atoms with Gasteiger partial charge in [-0.25, -0.2) is 4.98 Å². The molecule has 2 nitrogen and oxygen atoms in total. The minimum Gasteiger partial charge on any atom is -0.493 e. The summed E-state index contributed by atoms with van der Waals surface area (Å²) in [5.41, 5.74) is 1.14. The lowest BCUT2D eigenvalue weighted by atomic mass is 10.2. The molecule has 0 saturated carbocycles. The van der Waals surface area contributed by atoms with Crippen LogP contribution in [0.5, 0.6) is 5.75 Å². The maximum absolute atomic E-state index is 5.91. The number of ether oxygens (including phenoxy) is 1. The van der Waals surface area contributed by atoms with E-state index < -0.39 is 3.79 Å². The molecule has 0 fully saturated rings. The number of halogens is 3. The van der Waals surface area contributed by atoms with Gasteiger partial charge in [0, 0.05) is 11.5 Å². The molecule has 0 aliphatic carbocycles. The van der Waals surface area contributed by atoms with Gasteiger partial charge < -0.3 is 4.74 Å². The summed E-state index contributed by atoms with van der Waals surface area (Å²) in [6.45, 7) is 2.75. The van der Waals surface area contributed by atoms with Crippen LogP contribution in [-0.2, 0) is 3.79 Å². The molecule has 0 spiro atoms. The largest absolute Gasteiger partial charge is 0.493 e. The van der Waals surface area contributed by atoms with Gasteiger partial charge in [0.15, 0.2) is 0 Å². The number of nitrogens with zero attached hydrogens (tertiary/aromatic N) is 1. The van der Waals surface area contributed by atoms with Crippen molar-refractivity contribution >= 4 is 45.7 Å². The van der Waals surface area contributed by atoms with E-state index in [-0.39, 0.29) is 0 Å². The van der Waals surface area contributed by atoms with Crippen LogP contribution in [0.25, 0.3) is 10.9 Å². The van der Waals surface area contributed by atoms with Gasteiger partial charge >= 0.3 is 0 Å². The summed E-state index contributed by atoms with van der Waals surface area (Å²) in [4.78, 5) is 4.36. The zero-order valence-electron chi connectivity index (χ0n) is 10.5. The standard InChI is InChI=1S/C14H14Cl3NO/c1-2-3-8-19-12-9-13(14(15,16)17)18-11-7-5-4-6-10(11)12/h4-7,9H,2-3,8H2,1H3. The van der Waals surface area contributed by atoms with Crippen LogP contribution in [0, 0.1) is 0 Å². The minimum absolute atomic E-state index is 0.377. The lowest BCUT2D eigenvalue weighted by Crippen LogP contribution is -2.06. The van der Waals surface area contributed by atoms with Crippen molar-refractivity contribution in [2.24, 2.45) is 0 Å². The smallest absolute Gasteiger partial charge is 0.232 e. The van der Waals surface area contributed by atoms with E-state index in [1.54, 1.807) is 6.07 Å². The Kier molecular flexibility index (Phi) is 4.77. The summed E-state index contributed by atoms with van der Waals surface area (Å²) in [5, 5.41) is 0.927. The van der Waals surface area contributed by atoms with E-state index in [2.05, 4.69) is 11.9 Å². The highest BCUT2D eigenvalue weighted by atomic mass is 35.6. The summed E-state index contributed by atoms with van der Waals surface area (Å²) in [6, 6.07) is 9.36. The maximum Gasteiger partial charge on any atom is 0.232 e. The first-order valence-electron chi connectivity index (χ1n) is 6.12. The van der Waals surface area contributed by atoms with Gasteiger partial charge in [-0.05, 0) is 18.6 Å². The molecule has 102 valence electrons. The summed E-state index contributed by atoms with van der Waals surface area (Å²) in [7, 11) is 0. The monoisotopic (exact) mass is 317 g/mol. The maximum atomic E-state index is 5.91. The molecule has 1 aromatic heterocycles. The van der Waals surface area contributed by atoms with Crippen LogP contribution in [0.3, 0.4) is 0 Å². The van der Waals surface area contributed by atoms with Gasteiger partial charge in [0.25, 0.3) is 0 Å². The van der Waals surface area contributed by atoms with Crippen LogP contribution in [0.2, 0.25) is 0 Å². The van der Waals surface area contributed by atoms with Crippen molar-refractivity contribution in [3.05, 3.63) is 36.0 Å². The Bertz CT molecular complexity index is 566. The van der Waals surface area contributed by atoms with E-state index in [1.165, 1.54) is 0 Å². The molecule has 19 heavy (non-hydrogen) atoms. The Hall–Kier alpha value is -0.700. The Morgan fingerprint density at radius 1 is 1.21 bits per heavy atom. The number of benzene rings is 1. The highest BCUT2D eigenvalue weighted by molar-refractivity contribution is 6.66. The first kappa shape index (κ1) is 14.7. The fraction of sp³-hybridized carbons (Fsp3) is 0.357. The topological polar surface area (TPSA) is 22.1 Å². The first-order chi connectivity index (χ1) is 9.02. The summed E-state index contributed by atoms with van der Waals surface area (Å²) in [6.07, 6.45) is 2.06. The predicted octanol–water partition coefficient (Wildman–Crippen LogP) is 5.24. The number of alkyl halides is 3. The molecule has 2 aromatic rings. The number of unbranched alkanes of at least 4 members (excludes halogenated alkanes) is 1. The van der Waals surface area contributed by atoms with Gasteiger partial charge in [-0.15, -0.1) is 0 Å². The molecule has 0 aliphatic rings. The molecule has 1 heterocycles. The summed E-state index contributed by atoms with van der Waals surface area (Å²) >= 11 is 17.7. The Balaban J connectivity index is 2.46. The van der Waals surface area contributed by atoms with Gasteiger partial charge in [-0.2, -0.15) is 0 Å². The molecular weight excluding hydrogens is 305 g/mol. The first-order valence-corrected chi connectivity index (χ1v) is 7.25. The molecule has 0 aliphatic heterocycles. The molecule has 0 saturated heterocycles. The van der Waals surface area contributed by atoms with Crippen molar-refractivity contribution in [3.8, 4) is 5.75 Å². The number of aromatic nitrogens is 1. The fourth-order valence-electron chi connectivity index (χ4n) is 1.73. The Morgan fingerprint density at radius 3 is 2.63 bits per heavy atom. The lowest BCUT2D eigenvalue weighted by molar-refractivity contribution is 0.312. The third-order valence-electron chi connectivity index (χ3n) is 2.72. The van der Waals surface area contributed by atoms with Crippen molar-refractivity contribution in [3.63, 3.8) is 0 Å². The molecule has 0 bridgehead atoms. The molecule has 0 atom stereocenters. The van der Waals surface area contributed by atoms with Gasteiger partial charge in [0.2, 0.25) is 3.79 Å². The van der Waals surface area contributed by atoms with Crippen LogP contribution in [-0.4, -0.2) is 11.6 Å². The van der Waals surface area contributed by atoms with Gasteiger partial charge in [0.1, 0.15) is 5.75 Å². The van der Waals surface area contributed by atoms with Crippen molar-refractivity contribution in [1.82, 2.24) is 4.98 Å². The van der Waals surface area contributed by atoms with Crippen molar-refractivity contribution in [2.75, 3.05) is 6.61 Å². The lowest BCUT2D eigenvalue weighted by Gasteiger charge is -2.15. The molecule has 5 heteroatoms. The second-order valence-corrected chi connectivity index (χ2v) is 6.50. The second-order valence-electron chi connectivity index (χ2n) is 4.22. The van der Waals surface area contributed by atoms with E-state index in [0.717, 1.165) is 23.7 Å². The van der Waals surface area contributed by atoms with E-state index >= 15 is 0 Å². The fourth-order valence-corrected chi connectivity index (χ4v) is 2.02. The zero-order chi connectivity index (χ0) is 13.9. The van der Waals surface area contributed by atoms with Crippen LogP contribution in [0.4, 0.5) is 0 Å². The van der Waals surface area contributed by atoms with Crippen LogP contribution >= 0.6 is 34.8 Å². The van der Waals surface area contributed by atoms with E-state index in [0.29, 0.717) is 18.1 Å². The van der Waals surface area contributed by atoms with Gasteiger partial charge in [-0.1, -0.05) is 60.3 Å². The third-order valence-corrected chi connectivity index (χ3v) is 3.30. The Morgan fingerprint density at radius 2 is 1.95 bits per heavy atom. The van der Waals surface area contributed by atoms with Crippen LogP contribution in [0.15, 0.2) is 30.3 Å². The zero-order valence-corrected chi connectivity index (χ0v) is 12.8. The van der Waals surface area contributed by atoms with Crippen molar-refractivity contribution in [2.45, 2.75) is 23.6 Å². The molecule has 0 radical (unpaired) electrons. The molecular formula is C14H14Cl3NO. The van der Waals surface area contributed by atoms with Crippen molar-refractivity contribution < 1.29 is 4.74 Å². The third kappa shape index (κ3) is 3.65. The number of pyridine rings is 1. The molecule has 2 rings (SSSR count).